The van der Waals surface area contributed by atoms with Gasteiger partial charge in [-0.3, -0.25) is 0 Å². The van der Waals surface area contributed by atoms with Crippen LogP contribution in [0.3, 0.4) is 0 Å². The summed E-state index contributed by atoms with van der Waals surface area (Å²) in [6, 6.07) is 5.99. The van der Waals surface area contributed by atoms with Gasteiger partial charge >= 0.3 is 0 Å². The first-order valence-corrected chi connectivity index (χ1v) is 7.05. The third kappa shape index (κ3) is 1.53. The molecule has 100 valence electrons. The van der Waals surface area contributed by atoms with Crippen molar-refractivity contribution < 1.29 is 5.11 Å². The van der Waals surface area contributed by atoms with E-state index in [2.05, 4.69) is 22.0 Å². The van der Waals surface area contributed by atoms with Crippen molar-refractivity contribution in [3.8, 4) is 0 Å². The van der Waals surface area contributed by atoms with E-state index in [1.165, 1.54) is 48.2 Å². The molecule has 1 aromatic carbocycles. The maximum absolute atomic E-state index is 9.21. The van der Waals surface area contributed by atoms with E-state index in [4.69, 9.17) is 5.73 Å². The Morgan fingerprint density at radius 3 is 2.89 bits per heavy atom. The molecule has 4 heteroatoms. The minimum atomic E-state index is -0.281. The van der Waals surface area contributed by atoms with Gasteiger partial charge in [-0.2, -0.15) is 0 Å². The predicted molar refractivity (Wildman–Crippen MR) is 76.5 cm³/mol. The summed E-state index contributed by atoms with van der Waals surface area (Å²) < 4.78 is 0. The van der Waals surface area contributed by atoms with Gasteiger partial charge in [0.15, 0.2) is 0 Å². The number of aromatic amines is 1. The molecule has 4 N–H and O–H groups in total. The summed E-state index contributed by atoms with van der Waals surface area (Å²) in [4.78, 5) is 6.01. The monoisotopic (exact) mass is 257 g/mol. The maximum Gasteiger partial charge on any atom is 0.110 e. The Hall–Kier alpha value is -1.52. The molecule has 3 aliphatic heterocycles. The van der Waals surface area contributed by atoms with Crippen molar-refractivity contribution >= 4 is 16.7 Å². The van der Waals surface area contributed by atoms with Crippen molar-refractivity contribution in [3.05, 3.63) is 29.3 Å². The maximum atomic E-state index is 9.21. The average molecular weight is 257 g/mol. The highest BCUT2D eigenvalue weighted by Crippen LogP contribution is 2.45. The number of piperidine rings is 1. The van der Waals surface area contributed by atoms with E-state index in [-0.39, 0.29) is 12.6 Å². The Balaban J connectivity index is 1.92. The average Bonchev–Trinajstić information content (AvgIpc) is 2.88. The fourth-order valence-electron chi connectivity index (χ4n) is 3.61. The van der Waals surface area contributed by atoms with E-state index in [0.29, 0.717) is 5.92 Å². The van der Waals surface area contributed by atoms with E-state index >= 15 is 0 Å². The highest BCUT2D eigenvalue weighted by Gasteiger charge is 2.33. The summed E-state index contributed by atoms with van der Waals surface area (Å²) >= 11 is 0. The zero-order chi connectivity index (χ0) is 13.0. The lowest BCUT2D eigenvalue weighted by Gasteiger charge is -2.40. The van der Waals surface area contributed by atoms with Gasteiger partial charge in [-0.05, 0) is 36.5 Å². The largest absolute Gasteiger partial charge is 0.394 e. The lowest BCUT2D eigenvalue weighted by Crippen LogP contribution is -2.38. The first kappa shape index (κ1) is 11.3. The number of nitrogens with two attached hydrogens (primary N) is 1. The van der Waals surface area contributed by atoms with Crippen LogP contribution in [0.2, 0.25) is 0 Å². The SMILES string of the molecule is NC(CO)c1ccc2[nH]c3c(c2c1)C1CCN3CC1. The molecule has 1 saturated heterocycles. The van der Waals surface area contributed by atoms with Crippen molar-refractivity contribution in [2.24, 2.45) is 5.73 Å². The quantitative estimate of drug-likeness (QED) is 0.769. The molecule has 2 aromatic rings. The van der Waals surface area contributed by atoms with E-state index in [1.54, 1.807) is 0 Å². The van der Waals surface area contributed by atoms with Gasteiger partial charge in [-0.1, -0.05) is 6.07 Å². The van der Waals surface area contributed by atoms with E-state index < -0.39 is 0 Å². The minimum absolute atomic E-state index is 0.00628. The Bertz CT molecular complexity index is 626. The molecule has 1 aromatic heterocycles. The van der Waals surface area contributed by atoms with E-state index in [9.17, 15) is 5.11 Å². The molecule has 0 radical (unpaired) electrons. The Morgan fingerprint density at radius 2 is 2.16 bits per heavy atom. The standard InChI is InChI=1S/C15H19N3O/c16-12(8-19)10-1-2-13-11(7-10)14-9-3-5-18(6-4-9)15(14)17-13/h1-2,7,9,12,17,19H,3-6,8,16H2. The summed E-state index contributed by atoms with van der Waals surface area (Å²) in [5.74, 6) is 2.00. The number of benzene rings is 1. The van der Waals surface area contributed by atoms with Crippen LogP contribution in [-0.2, 0) is 0 Å². The predicted octanol–water partition coefficient (Wildman–Crippen LogP) is 1.86. The van der Waals surface area contributed by atoms with Crippen molar-refractivity contribution in [2.45, 2.75) is 24.8 Å². The van der Waals surface area contributed by atoms with Gasteiger partial charge in [-0.25, -0.2) is 0 Å². The molecule has 0 aliphatic carbocycles. The molecular weight excluding hydrogens is 238 g/mol. The number of aromatic nitrogens is 1. The number of fused-ring (bicyclic) bond motifs is 3. The van der Waals surface area contributed by atoms with Crippen molar-refractivity contribution in [1.82, 2.24) is 4.98 Å². The number of hydrogen-bond donors (Lipinski definition) is 3. The Labute approximate surface area is 112 Å². The second-order valence-corrected chi connectivity index (χ2v) is 5.74. The highest BCUT2D eigenvalue weighted by atomic mass is 16.3. The first-order valence-electron chi connectivity index (χ1n) is 7.05. The van der Waals surface area contributed by atoms with Crippen LogP contribution in [0.25, 0.3) is 10.9 Å². The molecule has 0 saturated carbocycles. The zero-order valence-corrected chi connectivity index (χ0v) is 10.9. The van der Waals surface area contributed by atoms with Gasteiger partial charge in [-0.15, -0.1) is 0 Å². The number of aliphatic hydroxyl groups is 1. The van der Waals surface area contributed by atoms with E-state index in [1.807, 2.05) is 6.07 Å². The van der Waals surface area contributed by atoms with Crippen molar-refractivity contribution in [3.63, 3.8) is 0 Å². The van der Waals surface area contributed by atoms with Crippen molar-refractivity contribution in [1.29, 1.82) is 0 Å². The molecule has 19 heavy (non-hydrogen) atoms. The van der Waals surface area contributed by atoms with Crippen LogP contribution in [0.15, 0.2) is 18.2 Å². The summed E-state index contributed by atoms with van der Waals surface area (Å²) in [5.41, 5.74) is 9.62. The van der Waals surface area contributed by atoms with Gasteiger partial charge in [0.25, 0.3) is 0 Å². The summed E-state index contributed by atoms with van der Waals surface area (Å²) in [5, 5.41) is 10.5. The molecule has 3 aliphatic rings. The third-order valence-electron chi connectivity index (χ3n) is 4.69. The number of hydrogen-bond acceptors (Lipinski definition) is 3. The Kier molecular flexibility index (Phi) is 2.37. The molecule has 1 unspecified atom stereocenters. The molecule has 0 amide bonds. The van der Waals surface area contributed by atoms with Crippen LogP contribution in [0.5, 0.6) is 0 Å². The van der Waals surface area contributed by atoms with E-state index in [0.717, 1.165) is 5.56 Å². The number of aliphatic hydroxyl groups excluding tert-OH is 1. The third-order valence-corrected chi connectivity index (χ3v) is 4.69. The van der Waals surface area contributed by atoms with Crippen LogP contribution >= 0.6 is 0 Å². The van der Waals surface area contributed by atoms with Gasteiger partial charge in [0.1, 0.15) is 5.82 Å². The number of nitrogens with zero attached hydrogens (tertiary/aromatic N) is 1. The number of anilines is 1. The van der Waals surface area contributed by atoms with Gasteiger partial charge < -0.3 is 20.7 Å². The summed E-state index contributed by atoms with van der Waals surface area (Å²) in [7, 11) is 0. The number of nitrogens with one attached hydrogen (secondary N) is 1. The number of H-pyrrole nitrogens is 1. The van der Waals surface area contributed by atoms with Crippen LogP contribution in [0.4, 0.5) is 5.82 Å². The van der Waals surface area contributed by atoms with Gasteiger partial charge in [0, 0.05) is 29.6 Å². The summed E-state index contributed by atoms with van der Waals surface area (Å²) in [6.07, 6.45) is 2.52. The number of rotatable bonds is 2. The van der Waals surface area contributed by atoms with Gasteiger partial charge in [0.2, 0.25) is 0 Å². The topological polar surface area (TPSA) is 65.3 Å². The minimum Gasteiger partial charge on any atom is -0.394 e. The fraction of sp³-hybridized carbons (Fsp3) is 0.467. The molecule has 1 fully saturated rings. The normalized spacial score (nSPS) is 20.0. The smallest absolute Gasteiger partial charge is 0.110 e. The molecule has 5 rings (SSSR count). The zero-order valence-electron chi connectivity index (χ0n) is 10.9. The summed E-state index contributed by atoms with van der Waals surface area (Å²) in [6.45, 7) is 2.34. The Morgan fingerprint density at radius 1 is 1.37 bits per heavy atom. The molecule has 1 atom stereocenters. The van der Waals surface area contributed by atoms with Crippen molar-refractivity contribution in [2.75, 3.05) is 24.6 Å². The van der Waals surface area contributed by atoms with Crippen LogP contribution < -0.4 is 10.6 Å². The molecule has 4 heterocycles. The fourth-order valence-corrected chi connectivity index (χ4v) is 3.61. The van der Waals surface area contributed by atoms with Gasteiger partial charge in [0.05, 0.1) is 12.6 Å². The first-order chi connectivity index (χ1) is 9.28. The molecule has 0 spiro atoms. The molecular formula is C15H19N3O. The highest BCUT2D eigenvalue weighted by molar-refractivity contribution is 5.91. The lowest BCUT2D eigenvalue weighted by atomic mass is 9.84. The molecule has 4 nitrogen and oxygen atoms in total. The van der Waals surface area contributed by atoms with Crippen LogP contribution in [-0.4, -0.2) is 29.8 Å². The van der Waals surface area contributed by atoms with Crippen LogP contribution in [0.1, 0.15) is 35.9 Å². The second-order valence-electron chi connectivity index (χ2n) is 5.74. The van der Waals surface area contributed by atoms with Crippen LogP contribution in [0, 0.1) is 0 Å². The molecule has 2 bridgehead atoms. The lowest BCUT2D eigenvalue weighted by molar-refractivity contribution is 0.268. The second kappa shape index (κ2) is 3.99.